The van der Waals surface area contributed by atoms with E-state index in [1.54, 1.807) is 12.1 Å². The molecule has 14 heavy (non-hydrogen) atoms. The van der Waals surface area contributed by atoms with Crippen LogP contribution in [0.25, 0.3) is 0 Å². The summed E-state index contributed by atoms with van der Waals surface area (Å²) in [5.74, 6) is -0.938. The van der Waals surface area contributed by atoms with Gasteiger partial charge in [0.15, 0.2) is 0 Å². The summed E-state index contributed by atoms with van der Waals surface area (Å²) >= 11 is 0. The minimum absolute atomic E-state index is 0.132. The lowest BCUT2D eigenvalue weighted by molar-refractivity contribution is 0.0672. The van der Waals surface area contributed by atoms with Crippen molar-refractivity contribution in [1.82, 2.24) is 9.88 Å². The molecular formula is C9H5N3O2. The Kier molecular flexibility index (Phi) is 1.75. The van der Waals surface area contributed by atoms with Gasteiger partial charge in [-0.2, -0.15) is 5.26 Å². The summed E-state index contributed by atoms with van der Waals surface area (Å²) in [6, 6.07) is 4.87. The van der Waals surface area contributed by atoms with Gasteiger partial charge < -0.3 is 0 Å². The van der Waals surface area contributed by atoms with Crippen molar-refractivity contribution in [3.05, 3.63) is 29.6 Å². The van der Waals surface area contributed by atoms with Crippen LogP contribution < -0.4 is 0 Å². The molecule has 2 heterocycles. The lowest BCUT2D eigenvalue weighted by Gasteiger charge is -2.06. The van der Waals surface area contributed by atoms with Crippen molar-refractivity contribution < 1.29 is 9.59 Å². The average Bonchev–Trinajstić information content (AvgIpc) is 2.45. The number of amides is 2. The van der Waals surface area contributed by atoms with E-state index < -0.39 is 11.8 Å². The summed E-state index contributed by atoms with van der Waals surface area (Å²) < 4.78 is 0. The SMILES string of the molecule is N#CCN1C(=O)c2cccnc2C1=O. The molecule has 0 saturated heterocycles. The number of aromatic nitrogens is 1. The second kappa shape index (κ2) is 2.92. The van der Waals surface area contributed by atoms with Gasteiger partial charge in [0.1, 0.15) is 12.2 Å². The Labute approximate surface area is 79.6 Å². The minimum atomic E-state index is -0.493. The number of carbonyl (C=O) groups excluding carboxylic acids is 2. The first-order valence-electron chi connectivity index (χ1n) is 3.94. The van der Waals surface area contributed by atoms with E-state index in [1.165, 1.54) is 12.3 Å². The Morgan fingerprint density at radius 2 is 2.21 bits per heavy atom. The fourth-order valence-corrected chi connectivity index (χ4v) is 1.33. The molecule has 0 fully saturated rings. The van der Waals surface area contributed by atoms with Crippen molar-refractivity contribution in [2.45, 2.75) is 0 Å². The van der Waals surface area contributed by atoms with E-state index in [0.717, 1.165) is 4.90 Å². The molecule has 1 aromatic rings. The monoisotopic (exact) mass is 187 g/mol. The van der Waals surface area contributed by atoms with E-state index in [-0.39, 0.29) is 17.8 Å². The first-order chi connectivity index (χ1) is 6.75. The predicted molar refractivity (Wildman–Crippen MR) is 45.2 cm³/mol. The van der Waals surface area contributed by atoms with E-state index in [4.69, 9.17) is 5.26 Å². The van der Waals surface area contributed by atoms with Crippen LogP contribution in [0.1, 0.15) is 20.8 Å². The lowest BCUT2D eigenvalue weighted by atomic mass is 10.2. The lowest BCUT2D eigenvalue weighted by Crippen LogP contribution is -2.30. The van der Waals surface area contributed by atoms with E-state index in [0.29, 0.717) is 0 Å². The first kappa shape index (κ1) is 8.38. The molecule has 0 aromatic carbocycles. The second-order valence-electron chi connectivity index (χ2n) is 2.75. The molecule has 0 saturated carbocycles. The van der Waals surface area contributed by atoms with Crippen molar-refractivity contribution in [3.63, 3.8) is 0 Å². The highest BCUT2D eigenvalue weighted by atomic mass is 16.2. The quantitative estimate of drug-likeness (QED) is 0.465. The van der Waals surface area contributed by atoms with Gasteiger partial charge in [0, 0.05) is 6.20 Å². The summed E-state index contributed by atoms with van der Waals surface area (Å²) in [7, 11) is 0. The largest absolute Gasteiger partial charge is 0.281 e. The van der Waals surface area contributed by atoms with Gasteiger partial charge >= 0.3 is 0 Å². The molecule has 0 atom stereocenters. The molecule has 0 bridgehead atoms. The molecule has 0 radical (unpaired) electrons. The van der Waals surface area contributed by atoms with Crippen molar-refractivity contribution in [1.29, 1.82) is 5.26 Å². The molecule has 1 aliphatic rings. The summed E-state index contributed by atoms with van der Waals surface area (Å²) in [5.41, 5.74) is 0.403. The average molecular weight is 187 g/mol. The topological polar surface area (TPSA) is 74.1 Å². The zero-order chi connectivity index (χ0) is 10.1. The minimum Gasteiger partial charge on any atom is -0.268 e. The van der Waals surface area contributed by atoms with Crippen molar-refractivity contribution in [2.24, 2.45) is 0 Å². The Morgan fingerprint density at radius 3 is 2.86 bits per heavy atom. The number of pyridine rings is 1. The molecule has 0 aliphatic carbocycles. The molecule has 2 rings (SSSR count). The van der Waals surface area contributed by atoms with E-state index in [2.05, 4.69) is 4.98 Å². The maximum Gasteiger partial charge on any atom is 0.281 e. The maximum atomic E-state index is 11.5. The number of imide groups is 1. The molecular weight excluding hydrogens is 182 g/mol. The fraction of sp³-hybridized carbons (Fsp3) is 0.111. The molecule has 5 nitrogen and oxygen atoms in total. The maximum absolute atomic E-state index is 11.5. The van der Waals surface area contributed by atoms with Gasteiger partial charge in [-0.1, -0.05) is 0 Å². The van der Waals surface area contributed by atoms with Gasteiger partial charge in [-0.3, -0.25) is 19.5 Å². The molecule has 0 N–H and O–H groups in total. The number of rotatable bonds is 1. The Balaban J connectivity index is 2.49. The summed E-state index contributed by atoms with van der Waals surface area (Å²) in [6.07, 6.45) is 1.44. The number of fused-ring (bicyclic) bond motifs is 1. The predicted octanol–water partition coefficient (Wildman–Crippen LogP) is 0.201. The second-order valence-corrected chi connectivity index (χ2v) is 2.75. The first-order valence-corrected chi connectivity index (χ1v) is 3.94. The van der Waals surface area contributed by atoms with Crippen LogP contribution in [0.2, 0.25) is 0 Å². The normalized spacial score (nSPS) is 14.1. The van der Waals surface area contributed by atoms with Crippen LogP contribution in [-0.4, -0.2) is 28.2 Å². The van der Waals surface area contributed by atoms with E-state index in [9.17, 15) is 9.59 Å². The Bertz CT molecular complexity index is 426. The molecule has 5 heteroatoms. The van der Waals surface area contributed by atoms with Crippen LogP contribution in [0.15, 0.2) is 18.3 Å². The van der Waals surface area contributed by atoms with Gasteiger partial charge in [-0.15, -0.1) is 0 Å². The van der Waals surface area contributed by atoms with Crippen LogP contribution in [-0.2, 0) is 0 Å². The van der Waals surface area contributed by atoms with Crippen LogP contribution >= 0.6 is 0 Å². The van der Waals surface area contributed by atoms with Gasteiger partial charge in [-0.05, 0) is 12.1 Å². The molecule has 1 aliphatic heterocycles. The molecule has 2 amide bonds. The van der Waals surface area contributed by atoms with Crippen molar-refractivity contribution in [3.8, 4) is 6.07 Å². The zero-order valence-corrected chi connectivity index (χ0v) is 7.10. The van der Waals surface area contributed by atoms with Gasteiger partial charge in [-0.25, -0.2) is 0 Å². The molecule has 0 spiro atoms. The summed E-state index contributed by atoms with van der Waals surface area (Å²) in [4.78, 5) is 27.7. The van der Waals surface area contributed by atoms with E-state index >= 15 is 0 Å². The highest BCUT2D eigenvalue weighted by Crippen LogP contribution is 2.19. The third kappa shape index (κ3) is 0.977. The fourth-order valence-electron chi connectivity index (χ4n) is 1.33. The van der Waals surface area contributed by atoms with Crippen LogP contribution in [0.5, 0.6) is 0 Å². The molecule has 1 aromatic heterocycles. The number of nitrogens with zero attached hydrogens (tertiary/aromatic N) is 3. The highest BCUT2D eigenvalue weighted by Gasteiger charge is 2.36. The van der Waals surface area contributed by atoms with Crippen LogP contribution in [0.4, 0.5) is 0 Å². The van der Waals surface area contributed by atoms with Gasteiger partial charge in [0.05, 0.1) is 11.6 Å². The van der Waals surface area contributed by atoms with Crippen LogP contribution in [0, 0.1) is 11.3 Å². The Hall–Kier alpha value is -2.22. The highest BCUT2D eigenvalue weighted by molar-refractivity contribution is 6.20. The van der Waals surface area contributed by atoms with Crippen LogP contribution in [0.3, 0.4) is 0 Å². The Morgan fingerprint density at radius 1 is 1.43 bits per heavy atom. The molecule has 68 valence electrons. The van der Waals surface area contributed by atoms with Gasteiger partial charge in [0.2, 0.25) is 0 Å². The van der Waals surface area contributed by atoms with Crippen molar-refractivity contribution >= 4 is 11.8 Å². The molecule has 0 unspecified atom stereocenters. The standard InChI is InChI=1S/C9H5N3O2/c10-3-5-12-8(13)6-2-1-4-11-7(6)9(12)14/h1-2,4H,5H2. The van der Waals surface area contributed by atoms with Crippen molar-refractivity contribution in [2.75, 3.05) is 6.54 Å². The number of nitriles is 1. The van der Waals surface area contributed by atoms with Gasteiger partial charge in [0.25, 0.3) is 11.8 Å². The smallest absolute Gasteiger partial charge is 0.268 e. The number of hydrogen-bond donors (Lipinski definition) is 0. The summed E-state index contributed by atoms with van der Waals surface area (Å²) in [5, 5.41) is 8.42. The third-order valence-corrected chi connectivity index (χ3v) is 1.96. The summed E-state index contributed by atoms with van der Waals surface area (Å²) in [6.45, 7) is -0.228. The van der Waals surface area contributed by atoms with E-state index in [1.807, 2.05) is 0 Å². The number of hydrogen-bond acceptors (Lipinski definition) is 4. The zero-order valence-electron chi connectivity index (χ0n) is 7.10. The number of carbonyl (C=O) groups is 2. The third-order valence-electron chi connectivity index (χ3n) is 1.96.